The predicted octanol–water partition coefficient (Wildman–Crippen LogP) is 1.33. The molecular weight excluding hydrogens is 192 g/mol. The van der Waals surface area contributed by atoms with Gasteiger partial charge in [0.2, 0.25) is 0 Å². The van der Waals surface area contributed by atoms with Gasteiger partial charge in [-0.15, -0.1) is 0 Å². The Bertz CT molecular complexity index is 295. The first-order valence-corrected chi connectivity index (χ1v) is 5.31. The second-order valence-corrected chi connectivity index (χ2v) is 4.64. The molecule has 2 atom stereocenters. The molecule has 1 heterocycles. The Morgan fingerprint density at radius 2 is 2.13 bits per heavy atom. The van der Waals surface area contributed by atoms with Gasteiger partial charge in [-0.3, -0.25) is 9.69 Å². The highest BCUT2D eigenvalue weighted by Gasteiger charge is 2.48. The van der Waals surface area contributed by atoms with Gasteiger partial charge < -0.3 is 5.11 Å². The quantitative estimate of drug-likeness (QED) is 0.763. The molecule has 0 spiro atoms. The molecule has 1 aliphatic rings. The molecule has 4 heteroatoms. The number of aliphatic carboxylic acids is 1. The number of carbonyl (C=O) groups is 1. The number of nitriles is 1. The van der Waals surface area contributed by atoms with E-state index in [0.29, 0.717) is 19.5 Å². The molecule has 84 valence electrons. The van der Waals surface area contributed by atoms with Gasteiger partial charge in [0.05, 0.1) is 17.5 Å². The topological polar surface area (TPSA) is 64.3 Å². The molecule has 15 heavy (non-hydrogen) atoms. The molecule has 0 aromatic carbocycles. The molecule has 2 unspecified atom stereocenters. The van der Waals surface area contributed by atoms with Gasteiger partial charge in [-0.2, -0.15) is 5.26 Å². The lowest BCUT2D eigenvalue weighted by molar-refractivity contribution is -0.151. The Kier molecular flexibility index (Phi) is 3.35. The van der Waals surface area contributed by atoms with Crippen LogP contribution in [-0.4, -0.2) is 35.1 Å². The fourth-order valence-electron chi connectivity index (χ4n) is 2.17. The maximum atomic E-state index is 11.3. The van der Waals surface area contributed by atoms with Crippen LogP contribution in [0.3, 0.4) is 0 Å². The second kappa shape index (κ2) is 4.19. The van der Waals surface area contributed by atoms with Gasteiger partial charge in [-0.05, 0) is 19.3 Å². The third kappa shape index (κ3) is 1.98. The summed E-state index contributed by atoms with van der Waals surface area (Å²) >= 11 is 0. The fourth-order valence-corrected chi connectivity index (χ4v) is 2.17. The van der Waals surface area contributed by atoms with E-state index in [2.05, 4.69) is 6.07 Å². The van der Waals surface area contributed by atoms with E-state index in [0.717, 1.165) is 0 Å². The minimum absolute atomic E-state index is 0.103. The van der Waals surface area contributed by atoms with Crippen LogP contribution in [0.4, 0.5) is 0 Å². The molecule has 0 aromatic heterocycles. The van der Waals surface area contributed by atoms with E-state index >= 15 is 0 Å². The number of nitrogens with zero attached hydrogens (tertiary/aromatic N) is 2. The zero-order valence-corrected chi connectivity index (χ0v) is 9.53. The molecule has 1 saturated heterocycles. The van der Waals surface area contributed by atoms with E-state index in [9.17, 15) is 9.90 Å². The molecule has 0 saturated carbocycles. The number of likely N-dealkylation sites (tertiary alicyclic amines) is 1. The molecule has 1 N–H and O–H groups in total. The van der Waals surface area contributed by atoms with E-state index in [-0.39, 0.29) is 12.0 Å². The standard InChI is InChI=1S/C11H18N2O2/c1-8(2)11(10(14)15)4-5-13(7-11)9(3)6-12/h8-9H,4-5,7H2,1-3H3,(H,14,15). The van der Waals surface area contributed by atoms with E-state index in [1.807, 2.05) is 25.7 Å². The summed E-state index contributed by atoms with van der Waals surface area (Å²) in [5.74, 6) is -0.629. The summed E-state index contributed by atoms with van der Waals surface area (Å²) in [6.07, 6.45) is 0.645. The number of carboxylic acids is 1. The molecule has 0 radical (unpaired) electrons. The van der Waals surface area contributed by atoms with E-state index in [1.165, 1.54) is 0 Å². The van der Waals surface area contributed by atoms with Crippen molar-refractivity contribution in [1.82, 2.24) is 4.90 Å². The summed E-state index contributed by atoms with van der Waals surface area (Å²) in [4.78, 5) is 13.3. The van der Waals surface area contributed by atoms with Gasteiger partial charge in [0.15, 0.2) is 0 Å². The smallest absolute Gasteiger partial charge is 0.311 e. The highest BCUT2D eigenvalue weighted by Crippen LogP contribution is 2.38. The average Bonchev–Trinajstić information content (AvgIpc) is 2.62. The first-order chi connectivity index (χ1) is 6.94. The van der Waals surface area contributed by atoms with E-state index in [4.69, 9.17) is 5.26 Å². The maximum absolute atomic E-state index is 11.3. The Hall–Kier alpha value is -1.08. The molecule has 1 rings (SSSR count). The third-order valence-electron chi connectivity index (χ3n) is 3.60. The van der Waals surface area contributed by atoms with Gasteiger partial charge in [0.25, 0.3) is 0 Å². The fraction of sp³-hybridized carbons (Fsp3) is 0.818. The molecule has 0 aliphatic carbocycles. The van der Waals surface area contributed by atoms with Gasteiger partial charge >= 0.3 is 5.97 Å². The van der Waals surface area contributed by atoms with Gasteiger partial charge in [-0.1, -0.05) is 13.8 Å². The molecule has 0 bridgehead atoms. The summed E-state index contributed by atoms with van der Waals surface area (Å²) in [5, 5.41) is 18.1. The minimum Gasteiger partial charge on any atom is -0.481 e. The minimum atomic E-state index is -0.731. The van der Waals surface area contributed by atoms with Crippen LogP contribution in [0.25, 0.3) is 0 Å². The zero-order chi connectivity index (χ0) is 11.6. The highest BCUT2D eigenvalue weighted by molar-refractivity contribution is 5.75. The highest BCUT2D eigenvalue weighted by atomic mass is 16.4. The monoisotopic (exact) mass is 210 g/mol. The SMILES string of the molecule is CC(C#N)N1CCC(C(=O)O)(C(C)C)C1. The molecule has 0 amide bonds. The first-order valence-electron chi connectivity index (χ1n) is 5.31. The Balaban J connectivity index is 2.82. The van der Waals surface area contributed by atoms with Crippen LogP contribution in [0.15, 0.2) is 0 Å². The summed E-state index contributed by atoms with van der Waals surface area (Å²) in [7, 11) is 0. The Morgan fingerprint density at radius 3 is 2.47 bits per heavy atom. The lowest BCUT2D eigenvalue weighted by atomic mass is 9.76. The summed E-state index contributed by atoms with van der Waals surface area (Å²) in [6.45, 7) is 6.90. The van der Waals surface area contributed by atoms with Crippen molar-refractivity contribution in [3.8, 4) is 6.07 Å². The van der Waals surface area contributed by atoms with Crippen LogP contribution in [0.5, 0.6) is 0 Å². The first kappa shape index (κ1) is 12.0. The summed E-state index contributed by atoms with van der Waals surface area (Å²) in [6, 6.07) is 1.97. The molecule has 1 fully saturated rings. The van der Waals surface area contributed by atoms with Crippen LogP contribution in [0.1, 0.15) is 27.2 Å². The third-order valence-corrected chi connectivity index (χ3v) is 3.60. The van der Waals surface area contributed by atoms with Gasteiger partial charge in [-0.25, -0.2) is 0 Å². The van der Waals surface area contributed by atoms with Crippen molar-refractivity contribution in [3.05, 3.63) is 0 Å². The molecule has 4 nitrogen and oxygen atoms in total. The van der Waals surface area contributed by atoms with E-state index < -0.39 is 11.4 Å². The summed E-state index contributed by atoms with van der Waals surface area (Å²) < 4.78 is 0. The normalized spacial score (nSPS) is 29.0. The van der Waals surface area contributed by atoms with Crippen molar-refractivity contribution in [1.29, 1.82) is 5.26 Å². The van der Waals surface area contributed by atoms with E-state index in [1.54, 1.807) is 0 Å². The second-order valence-electron chi connectivity index (χ2n) is 4.64. The number of rotatable bonds is 3. The average molecular weight is 210 g/mol. The number of hydrogen-bond acceptors (Lipinski definition) is 3. The largest absolute Gasteiger partial charge is 0.481 e. The lowest BCUT2D eigenvalue weighted by Crippen LogP contribution is -2.40. The Labute approximate surface area is 90.5 Å². The van der Waals surface area contributed by atoms with Crippen molar-refractivity contribution in [3.63, 3.8) is 0 Å². The number of hydrogen-bond donors (Lipinski definition) is 1. The summed E-state index contributed by atoms with van der Waals surface area (Å²) in [5.41, 5.74) is -0.662. The van der Waals surface area contributed by atoms with Gasteiger partial charge in [0, 0.05) is 13.1 Å². The van der Waals surface area contributed by atoms with Crippen molar-refractivity contribution < 1.29 is 9.90 Å². The van der Waals surface area contributed by atoms with Crippen LogP contribution >= 0.6 is 0 Å². The predicted molar refractivity (Wildman–Crippen MR) is 56.2 cm³/mol. The zero-order valence-electron chi connectivity index (χ0n) is 9.53. The molecule has 1 aliphatic heterocycles. The van der Waals surface area contributed by atoms with Crippen molar-refractivity contribution >= 4 is 5.97 Å². The van der Waals surface area contributed by atoms with Crippen LogP contribution < -0.4 is 0 Å². The molecular formula is C11H18N2O2. The van der Waals surface area contributed by atoms with Crippen molar-refractivity contribution in [2.45, 2.75) is 33.2 Å². The lowest BCUT2D eigenvalue weighted by Gasteiger charge is -2.29. The Morgan fingerprint density at radius 1 is 1.53 bits per heavy atom. The van der Waals surface area contributed by atoms with Gasteiger partial charge in [0.1, 0.15) is 0 Å². The van der Waals surface area contributed by atoms with Crippen LogP contribution in [0, 0.1) is 22.7 Å². The maximum Gasteiger partial charge on any atom is 0.311 e. The van der Waals surface area contributed by atoms with Crippen molar-refractivity contribution in [2.75, 3.05) is 13.1 Å². The van der Waals surface area contributed by atoms with Crippen LogP contribution in [-0.2, 0) is 4.79 Å². The number of carboxylic acid groups (broad SMARTS) is 1. The molecule has 0 aromatic rings. The van der Waals surface area contributed by atoms with Crippen LogP contribution in [0.2, 0.25) is 0 Å². The van der Waals surface area contributed by atoms with Crippen molar-refractivity contribution in [2.24, 2.45) is 11.3 Å².